The quantitative estimate of drug-likeness (QED) is 0.665. The van der Waals surface area contributed by atoms with Gasteiger partial charge in [-0.25, -0.2) is 4.98 Å². The van der Waals surface area contributed by atoms with E-state index in [1.807, 2.05) is 31.2 Å². The topological polar surface area (TPSA) is 93.5 Å². The van der Waals surface area contributed by atoms with Crippen LogP contribution >= 0.6 is 0 Å². The van der Waals surface area contributed by atoms with E-state index in [-0.39, 0.29) is 12.3 Å². The van der Waals surface area contributed by atoms with E-state index in [9.17, 15) is 9.59 Å². The van der Waals surface area contributed by atoms with Gasteiger partial charge in [-0.15, -0.1) is 0 Å². The van der Waals surface area contributed by atoms with Gasteiger partial charge in [0.1, 0.15) is 11.3 Å². The number of carbonyl (C=O) groups is 2. The smallest absolute Gasteiger partial charge is 0.269 e. The van der Waals surface area contributed by atoms with Gasteiger partial charge < -0.3 is 9.15 Å². The fourth-order valence-electron chi connectivity index (χ4n) is 2.38. The molecule has 0 radical (unpaired) electrons. The van der Waals surface area contributed by atoms with Gasteiger partial charge in [-0.3, -0.25) is 20.4 Å². The lowest BCUT2D eigenvalue weighted by Gasteiger charge is -2.08. The first-order chi connectivity index (χ1) is 12.7. The molecule has 26 heavy (non-hydrogen) atoms. The van der Waals surface area contributed by atoms with Gasteiger partial charge in [0.05, 0.1) is 6.61 Å². The van der Waals surface area contributed by atoms with E-state index in [1.54, 1.807) is 24.3 Å². The summed E-state index contributed by atoms with van der Waals surface area (Å²) in [5, 5.41) is 0. The first kappa shape index (κ1) is 17.5. The molecule has 2 aromatic carbocycles. The highest BCUT2D eigenvalue weighted by Gasteiger charge is 2.10. The fraction of sp³-hybridized carbons (Fsp3) is 0.211. The van der Waals surface area contributed by atoms with Crippen LogP contribution in [-0.2, 0) is 11.2 Å². The number of rotatable bonds is 6. The molecule has 134 valence electrons. The van der Waals surface area contributed by atoms with Crippen LogP contribution in [0.1, 0.15) is 29.6 Å². The Bertz CT molecular complexity index is 870. The number of nitrogens with one attached hydrogen (secondary N) is 2. The lowest BCUT2D eigenvalue weighted by molar-refractivity contribution is -0.121. The second-order valence-electron chi connectivity index (χ2n) is 5.54. The highest BCUT2D eigenvalue weighted by atomic mass is 16.5. The summed E-state index contributed by atoms with van der Waals surface area (Å²) in [6.07, 6.45) is 0.496. The number of fused-ring (bicyclic) bond motifs is 1. The molecule has 0 unspecified atom stereocenters. The van der Waals surface area contributed by atoms with E-state index in [1.165, 1.54) is 0 Å². The van der Waals surface area contributed by atoms with Crippen LogP contribution in [0.25, 0.3) is 11.1 Å². The van der Waals surface area contributed by atoms with E-state index < -0.39 is 5.91 Å². The molecular weight excluding hydrogens is 334 g/mol. The number of oxazole rings is 1. The molecule has 1 heterocycles. The average molecular weight is 353 g/mol. The fourth-order valence-corrected chi connectivity index (χ4v) is 2.38. The van der Waals surface area contributed by atoms with Gasteiger partial charge in [0.25, 0.3) is 5.91 Å². The maximum Gasteiger partial charge on any atom is 0.269 e. The summed E-state index contributed by atoms with van der Waals surface area (Å²) >= 11 is 0. The summed E-state index contributed by atoms with van der Waals surface area (Å²) in [7, 11) is 0. The summed E-state index contributed by atoms with van der Waals surface area (Å²) in [6, 6.07) is 14.1. The van der Waals surface area contributed by atoms with Gasteiger partial charge in [-0.1, -0.05) is 12.1 Å². The SMILES string of the molecule is CCOc1ccc(C(=O)NNC(=O)CCc2nc3ccccc3o2)cc1. The van der Waals surface area contributed by atoms with Crippen molar-refractivity contribution in [1.29, 1.82) is 0 Å². The van der Waals surface area contributed by atoms with E-state index in [2.05, 4.69) is 15.8 Å². The van der Waals surface area contributed by atoms with Crippen LogP contribution in [0.5, 0.6) is 5.75 Å². The van der Waals surface area contributed by atoms with E-state index in [4.69, 9.17) is 9.15 Å². The summed E-state index contributed by atoms with van der Waals surface area (Å²) in [6.45, 7) is 2.44. The van der Waals surface area contributed by atoms with Crippen molar-refractivity contribution in [1.82, 2.24) is 15.8 Å². The van der Waals surface area contributed by atoms with Crippen LogP contribution in [0.15, 0.2) is 52.9 Å². The van der Waals surface area contributed by atoms with Crippen LogP contribution in [0, 0.1) is 0 Å². The molecule has 7 heteroatoms. The number of amides is 2. The van der Waals surface area contributed by atoms with Crippen molar-refractivity contribution < 1.29 is 18.7 Å². The number of ether oxygens (including phenoxy) is 1. The Morgan fingerprint density at radius 1 is 1.08 bits per heavy atom. The highest BCUT2D eigenvalue weighted by Crippen LogP contribution is 2.15. The Hall–Kier alpha value is -3.35. The number of aryl methyl sites for hydroxylation is 1. The largest absolute Gasteiger partial charge is 0.494 e. The molecular formula is C19H19N3O4. The van der Waals surface area contributed by atoms with E-state index >= 15 is 0 Å². The molecule has 0 saturated heterocycles. The summed E-state index contributed by atoms with van der Waals surface area (Å²) in [5.41, 5.74) is 6.64. The normalized spacial score (nSPS) is 10.5. The second-order valence-corrected chi connectivity index (χ2v) is 5.54. The Labute approximate surface area is 150 Å². The van der Waals surface area contributed by atoms with Gasteiger partial charge in [0, 0.05) is 18.4 Å². The van der Waals surface area contributed by atoms with Crippen LogP contribution in [0.2, 0.25) is 0 Å². The molecule has 0 aliphatic heterocycles. The zero-order chi connectivity index (χ0) is 18.4. The number of hydrogen-bond donors (Lipinski definition) is 2. The predicted molar refractivity (Wildman–Crippen MR) is 95.5 cm³/mol. The standard InChI is InChI=1S/C19H19N3O4/c1-2-25-14-9-7-13(8-10-14)19(24)22-21-17(23)11-12-18-20-15-5-3-4-6-16(15)26-18/h3-10H,2,11-12H2,1H3,(H,21,23)(H,22,24). The van der Waals surface area contributed by atoms with Crippen molar-refractivity contribution in [3.63, 3.8) is 0 Å². The van der Waals surface area contributed by atoms with Crippen molar-refractivity contribution in [3.05, 3.63) is 60.0 Å². The molecule has 0 aliphatic rings. The van der Waals surface area contributed by atoms with Gasteiger partial charge in [0.15, 0.2) is 11.5 Å². The predicted octanol–water partition coefficient (Wildman–Crippen LogP) is 2.62. The molecule has 0 atom stereocenters. The van der Waals surface area contributed by atoms with Crippen LogP contribution in [0.3, 0.4) is 0 Å². The molecule has 2 N–H and O–H groups in total. The first-order valence-corrected chi connectivity index (χ1v) is 8.32. The van der Waals surface area contributed by atoms with Crippen molar-refractivity contribution in [2.24, 2.45) is 0 Å². The minimum Gasteiger partial charge on any atom is -0.494 e. The Morgan fingerprint density at radius 3 is 2.58 bits per heavy atom. The van der Waals surface area contributed by atoms with E-state index in [0.29, 0.717) is 35.8 Å². The van der Waals surface area contributed by atoms with E-state index in [0.717, 1.165) is 5.52 Å². The van der Waals surface area contributed by atoms with Gasteiger partial charge in [-0.2, -0.15) is 0 Å². The molecule has 3 aromatic rings. The monoisotopic (exact) mass is 353 g/mol. The Balaban J connectivity index is 1.46. The molecule has 3 rings (SSSR count). The zero-order valence-corrected chi connectivity index (χ0v) is 14.3. The first-order valence-electron chi connectivity index (χ1n) is 8.32. The zero-order valence-electron chi connectivity index (χ0n) is 14.3. The molecule has 1 aromatic heterocycles. The highest BCUT2D eigenvalue weighted by molar-refractivity contribution is 5.95. The summed E-state index contributed by atoms with van der Waals surface area (Å²) in [5.74, 6) is 0.445. The number of benzene rings is 2. The average Bonchev–Trinajstić information content (AvgIpc) is 3.08. The molecule has 7 nitrogen and oxygen atoms in total. The van der Waals surface area contributed by atoms with Crippen LogP contribution < -0.4 is 15.6 Å². The molecule has 0 fully saturated rings. The molecule has 0 aliphatic carbocycles. The van der Waals surface area contributed by atoms with Crippen molar-refractivity contribution in [2.75, 3.05) is 6.61 Å². The minimum atomic E-state index is -0.400. The van der Waals surface area contributed by atoms with Crippen molar-refractivity contribution in [3.8, 4) is 5.75 Å². The van der Waals surface area contributed by atoms with Crippen LogP contribution in [0.4, 0.5) is 0 Å². The number of hydrogen-bond acceptors (Lipinski definition) is 5. The molecule has 0 saturated carbocycles. The lowest BCUT2D eigenvalue weighted by Crippen LogP contribution is -2.41. The number of nitrogens with zero attached hydrogens (tertiary/aromatic N) is 1. The maximum atomic E-state index is 12.0. The maximum absolute atomic E-state index is 12.0. The summed E-state index contributed by atoms with van der Waals surface area (Å²) in [4.78, 5) is 28.2. The van der Waals surface area contributed by atoms with Gasteiger partial charge >= 0.3 is 0 Å². The van der Waals surface area contributed by atoms with Crippen molar-refractivity contribution in [2.45, 2.75) is 19.8 Å². The summed E-state index contributed by atoms with van der Waals surface area (Å²) < 4.78 is 10.9. The van der Waals surface area contributed by atoms with Gasteiger partial charge in [0.2, 0.25) is 5.91 Å². The third-order valence-electron chi connectivity index (χ3n) is 3.65. The Morgan fingerprint density at radius 2 is 1.85 bits per heavy atom. The molecule has 0 bridgehead atoms. The van der Waals surface area contributed by atoms with Crippen LogP contribution in [-0.4, -0.2) is 23.4 Å². The molecule has 0 spiro atoms. The minimum absolute atomic E-state index is 0.149. The van der Waals surface area contributed by atoms with Crippen molar-refractivity contribution >= 4 is 22.9 Å². The third kappa shape index (κ3) is 4.38. The Kier molecular flexibility index (Phi) is 5.48. The lowest BCUT2D eigenvalue weighted by atomic mass is 10.2. The number of aromatic nitrogens is 1. The van der Waals surface area contributed by atoms with Gasteiger partial charge in [-0.05, 0) is 43.3 Å². The second kappa shape index (κ2) is 8.15. The number of carbonyl (C=O) groups excluding carboxylic acids is 2. The molecule has 2 amide bonds. The third-order valence-corrected chi connectivity index (χ3v) is 3.65. The number of para-hydroxylation sites is 2. The number of hydrazine groups is 1.